The number of nitrogens with one attached hydrogen (secondary N) is 13. The van der Waals surface area contributed by atoms with Crippen LogP contribution in [-0.4, -0.2) is 187 Å². The van der Waals surface area contributed by atoms with Gasteiger partial charge in [0.2, 0.25) is 47.3 Å². The number of unbranched alkanes of at least 4 members (excludes halogenated alkanes) is 3. The predicted molar refractivity (Wildman–Crippen MR) is 310 cm³/mol. The molecule has 0 spiro atoms. The van der Waals surface area contributed by atoms with Crippen LogP contribution in [0.3, 0.4) is 0 Å². The minimum Gasteiger partial charge on any atom is -0.481 e. The summed E-state index contributed by atoms with van der Waals surface area (Å²) in [6, 6.07) is -8.90. The number of hydrogen-bond acceptors (Lipinski definition) is 17. The van der Waals surface area contributed by atoms with E-state index in [9.17, 15) is 85.3 Å². The molecule has 38 heteroatoms. The maximum atomic E-state index is 14.3. The maximum absolute atomic E-state index is 14.3. The lowest BCUT2D eigenvalue weighted by atomic mass is 10.0. The molecule has 0 radical (unpaired) electrons. The van der Waals surface area contributed by atoms with Crippen LogP contribution < -0.4 is 64.2 Å². The van der Waals surface area contributed by atoms with Crippen LogP contribution in [0.4, 0.5) is 28.0 Å². The third-order valence-electron chi connectivity index (χ3n) is 14.2. The Bertz CT molecular complexity index is 3120. The fourth-order valence-corrected chi connectivity index (χ4v) is 11.0. The molecule has 5 rings (SSSR count). The van der Waals surface area contributed by atoms with Gasteiger partial charge in [-0.1, -0.05) is 11.5 Å². The number of thioether (sulfide) groups is 1. The number of benzene rings is 1. The summed E-state index contributed by atoms with van der Waals surface area (Å²) in [5.74, 6) is -18.8. The van der Waals surface area contributed by atoms with E-state index in [2.05, 4.69) is 88.4 Å². The summed E-state index contributed by atoms with van der Waals surface area (Å²) in [7, 11) is 0. The molecule has 17 N–H and O–H groups in total. The van der Waals surface area contributed by atoms with E-state index in [1.165, 1.54) is 32.0 Å². The number of azide groups is 1. The zero-order valence-corrected chi connectivity index (χ0v) is 49.8. The lowest BCUT2D eigenvalue weighted by molar-refractivity contribution is -0.139. The number of carboxylic acid groups (broad SMARTS) is 2. The quantitative estimate of drug-likeness (QED) is 0.00618. The molecule has 9 atom stereocenters. The highest BCUT2D eigenvalue weighted by molar-refractivity contribution is 8.00. The smallest absolute Gasteiger partial charge is 0.322 e. The summed E-state index contributed by atoms with van der Waals surface area (Å²) in [6.07, 6.45) is 6.45. The van der Waals surface area contributed by atoms with Gasteiger partial charge < -0.3 is 84.4 Å². The van der Waals surface area contributed by atoms with E-state index >= 15 is 0 Å². The second-order valence-corrected chi connectivity index (χ2v) is 22.4. The molecule has 0 aliphatic carbocycles. The monoisotopic (exact) mass is 1310 g/mol. The molecule has 33 nitrogen and oxygen atoms in total. The van der Waals surface area contributed by atoms with Crippen molar-refractivity contribution in [2.75, 3.05) is 31.9 Å². The Kier molecular flexibility index (Phi) is 28.7. The summed E-state index contributed by atoms with van der Waals surface area (Å²) in [4.78, 5) is 170. The van der Waals surface area contributed by atoms with E-state index in [4.69, 9.17) is 11.3 Å². The fraction of sp³-hybridized carbons (Fsp3) is 0.547. The minimum absolute atomic E-state index is 0.0308. The van der Waals surface area contributed by atoms with Gasteiger partial charge in [0.05, 0.1) is 37.3 Å². The van der Waals surface area contributed by atoms with Crippen LogP contribution in [0.2, 0.25) is 0 Å². The van der Waals surface area contributed by atoms with E-state index in [1.807, 2.05) is 0 Å². The number of H-pyrrole nitrogens is 2. The van der Waals surface area contributed by atoms with Crippen molar-refractivity contribution in [3.8, 4) is 0 Å². The molecule has 11 amide bonds. The second kappa shape index (κ2) is 36.2. The van der Waals surface area contributed by atoms with Gasteiger partial charge in [-0.2, -0.15) is 11.8 Å². The van der Waals surface area contributed by atoms with Gasteiger partial charge in [-0.05, 0) is 70.2 Å². The number of carbonyl (C=O) groups is 12. The van der Waals surface area contributed by atoms with E-state index < -0.39 is 156 Å². The normalized spacial score (nSPS) is 16.7. The third kappa shape index (κ3) is 23.1. The number of aromatic nitrogens is 4. The number of nitrogens with two attached hydrogens (primary N) is 1. The van der Waals surface area contributed by atoms with Crippen molar-refractivity contribution in [1.29, 1.82) is 0 Å². The number of carbonyl (C=O) groups excluding carboxylic acids is 10. The molecule has 2 saturated heterocycles. The van der Waals surface area contributed by atoms with Gasteiger partial charge in [0.15, 0.2) is 23.3 Å². The van der Waals surface area contributed by atoms with Crippen molar-refractivity contribution in [3.63, 3.8) is 0 Å². The molecule has 2 aliphatic rings. The largest absolute Gasteiger partial charge is 0.481 e. The highest BCUT2D eigenvalue weighted by Crippen LogP contribution is 2.33. The van der Waals surface area contributed by atoms with Crippen molar-refractivity contribution < 1.29 is 85.3 Å². The van der Waals surface area contributed by atoms with Crippen LogP contribution in [0.15, 0.2) is 30.2 Å². The molecular weight excluding hydrogens is 1230 g/mol. The van der Waals surface area contributed by atoms with Crippen LogP contribution in [0.1, 0.15) is 106 Å². The van der Waals surface area contributed by atoms with E-state index in [1.54, 1.807) is 11.8 Å². The number of rotatable bonds is 39. The molecule has 3 aromatic rings. The first-order chi connectivity index (χ1) is 43.4. The van der Waals surface area contributed by atoms with E-state index in [-0.39, 0.29) is 99.4 Å². The molecule has 0 saturated carbocycles. The lowest BCUT2D eigenvalue weighted by Gasteiger charge is -2.26. The molecule has 496 valence electrons. The molecule has 0 bridgehead atoms. The van der Waals surface area contributed by atoms with Gasteiger partial charge >= 0.3 is 18.0 Å². The van der Waals surface area contributed by atoms with Crippen LogP contribution >= 0.6 is 11.8 Å². The Balaban J connectivity index is 1.13. The average Bonchev–Trinajstić information content (AvgIpc) is 1.61. The van der Waals surface area contributed by atoms with Gasteiger partial charge in [0.25, 0.3) is 5.91 Å². The second-order valence-electron chi connectivity index (χ2n) is 21.1. The van der Waals surface area contributed by atoms with E-state index in [0.29, 0.717) is 18.5 Å². The van der Waals surface area contributed by atoms with Gasteiger partial charge in [0.1, 0.15) is 48.0 Å². The summed E-state index contributed by atoms with van der Waals surface area (Å²) in [5.41, 5.74) is 11.7. The van der Waals surface area contributed by atoms with Crippen LogP contribution in [-0.2, 0) is 60.8 Å². The Morgan fingerprint density at radius 1 is 0.648 bits per heavy atom. The lowest BCUT2D eigenvalue weighted by Crippen LogP contribution is -2.60. The Morgan fingerprint density at radius 2 is 1.21 bits per heavy atom. The number of hydrogen-bond donors (Lipinski definition) is 16. The first-order valence-electron chi connectivity index (χ1n) is 28.7. The number of nitrogens with zero attached hydrogens (tertiary/aromatic N) is 5. The molecule has 4 heterocycles. The van der Waals surface area contributed by atoms with Crippen molar-refractivity contribution >= 4 is 88.6 Å². The number of urea groups is 1. The molecule has 2 aromatic heterocycles. The van der Waals surface area contributed by atoms with Gasteiger partial charge in [0, 0.05) is 78.5 Å². The number of amides is 11. The molecule has 91 heavy (non-hydrogen) atoms. The molecule has 0 unspecified atom stereocenters. The van der Waals surface area contributed by atoms with Crippen molar-refractivity contribution in [2.45, 2.75) is 150 Å². The highest BCUT2D eigenvalue weighted by atomic mass is 32.2. The molecule has 2 fully saturated rings. The van der Waals surface area contributed by atoms with Crippen molar-refractivity contribution in [3.05, 3.63) is 75.7 Å². The maximum Gasteiger partial charge on any atom is 0.322 e. The van der Waals surface area contributed by atoms with Gasteiger partial charge in [-0.3, -0.25) is 52.7 Å². The third-order valence-corrected chi connectivity index (χ3v) is 15.8. The fourth-order valence-electron chi connectivity index (χ4n) is 9.44. The minimum atomic E-state index is -2.10. The van der Waals surface area contributed by atoms with Gasteiger partial charge in [-0.15, -0.1) is 0 Å². The predicted octanol–water partition coefficient (Wildman–Crippen LogP) is -1.02. The van der Waals surface area contributed by atoms with E-state index in [0.717, 1.165) is 18.6 Å². The van der Waals surface area contributed by atoms with Crippen LogP contribution in [0, 0.1) is 23.3 Å². The number of halogens is 4. The van der Waals surface area contributed by atoms with Crippen molar-refractivity contribution in [2.24, 2.45) is 10.8 Å². The van der Waals surface area contributed by atoms with Gasteiger partial charge in [-0.25, -0.2) is 32.3 Å². The number of carboxylic acids is 2. The highest BCUT2D eigenvalue weighted by Gasteiger charge is 2.43. The summed E-state index contributed by atoms with van der Waals surface area (Å²) in [5, 5.41) is 49.1. The molecule has 2 aliphatic heterocycles. The van der Waals surface area contributed by atoms with Crippen LogP contribution in [0.5, 0.6) is 0 Å². The Hall–Kier alpha value is -9.58. The molecular formula is C53H71F4N19O14S. The van der Waals surface area contributed by atoms with Crippen LogP contribution in [0.25, 0.3) is 10.4 Å². The molecule has 1 aromatic carbocycles. The summed E-state index contributed by atoms with van der Waals surface area (Å²) >= 11 is 1.78. The van der Waals surface area contributed by atoms with Crippen molar-refractivity contribution in [1.82, 2.24) is 78.4 Å². The number of aromatic amines is 2. The SMILES string of the molecule is C[C@H](NC(=O)CNC(=O)[C@@H](N)CCCCNC(=O)c1c(F)c(F)c(N=[N+]=[N-])c(F)c1F)C(=O)N[C@@H](CCC(=O)O)C(=O)N[C@@H](Cc1cnc[nH]1)C(=O)N[C@@H](Cc1cnc[nH]1)C(=O)N[C@@H](CCCCNC(=O)CCCC[C@@H]1SC[C@@H]2NC(=O)N[C@@H]21)C(=O)NCC(=O)O. The average molecular weight is 1310 g/mol. The Labute approximate surface area is 519 Å². The number of imidazole rings is 2. The standard InChI is InChI=1S/C53H71F4N19O14S/c1-25(68-36(78)20-64-47(84)28(58)8-4-6-15-63-52(89)39-40(54)42(56)45(75-76-59)43(57)41(39)55)46(83)69-30(12-13-37(79)80)49(86)71-32(17-27-19-61-24-67-27)51(88)72-31(16-26-18-60-23-66-26)50(87)70-29(48(85)65-21-38(81)82)9-5-7-14-62-35(77)11-3-2-10-34-44-33(22-91-34)73-53(90)74-44/h18-19,23-25,28-34,44H,2-17,20-22,58H2,1H3,(H,60,66)(H,61,67)(H,62,77)(H,63,89)(H,64,84)(H,65,85)(H,68,78)(H,69,83)(H,70,87)(H,71,86)(H,72,88)(H,79,80)(H,81,82)(H2,73,74,90)/t25-,28-,29-,30-,31-,32-,33-,34-,44-/m0/s1. The topological polar surface area (TPSA) is 510 Å². The first-order valence-corrected chi connectivity index (χ1v) is 29.8. The summed E-state index contributed by atoms with van der Waals surface area (Å²) < 4.78 is 56.9. The number of fused-ring (bicyclic) bond motifs is 1. The Morgan fingerprint density at radius 3 is 1.79 bits per heavy atom. The zero-order valence-electron chi connectivity index (χ0n) is 49.0. The zero-order chi connectivity index (χ0) is 66.7. The first kappa shape index (κ1) is 72.2. The summed E-state index contributed by atoms with van der Waals surface area (Å²) in [6.45, 7) is -0.441. The number of aliphatic carboxylic acids is 2.